The molecule has 0 amide bonds. The van der Waals surface area contributed by atoms with Crippen LogP contribution in [0.1, 0.15) is 23.9 Å². The van der Waals surface area contributed by atoms with Crippen molar-refractivity contribution in [3.05, 3.63) is 35.3 Å². The smallest absolute Gasteiger partial charge is 0.196 e. The van der Waals surface area contributed by atoms with Gasteiger partial charge in [0.1, 0.15) is 0 Å². The molecule has 0 fully saturated rings. The van der Waals surface area contributed by atoms with Gasteiger partial charge in [0, 0.05) is 11.4 Å². The maximum atomic E-state index is 5.67. The van der Waals surface area contributed by atoms with Crippen LogP contribution in [0.5, 0.6) is 0 Å². The Morgan fingerprint density at radius 3 is 2.44 bits per heavy atom. The highest BCUT2D eigenvalue weighted by atomic mass is 16.3. The zero-order valence-corrected chi connectivity index (χ0v) is 11.1. The Bertz CT molecular complexity index is 497. The van der Waals surface area contributed by atoms with Gasteiger partial charge in [-0.2, -0.15) is 0 Å². The van der Waals surface area contributed by atoms with Gasteiger partial charge in [0.15, 0.2) is 11.6 Å². The minimum atomic E-state index is 0.445. The molecule has 96 valence electrons. The van der Waals surface area contributed by atoms with Gasteiger partial charge in [0.25, 0.3) is 0 Å². The van der Waals surface area contributed by atoms with Crippen molar-refractivity contribution in [2.45, 2.75) is 27.2 Å². The molecule has 0 aliphatic heterocycles. The van der Waals surface area contributed by atoms with Crippen LogP contribution in [0.3, 0.4) is 0 Å². The summed E-state index contributed by atoms with van der Waals surface area (Å²) in [7, 11) is 0. The molecule has 0 aliphatic rings. The van der Waals surface area contributed by atoms with E-state index in [1.807, 2.05) is 26.0 Å². The van der Waals surface area contributed by atoms with E-state index in [0.717, 1.165) is 17.8 Å². The summed E-state index contributed by atoms with van der Waals surface area (Å²) in [5.41, 5.74) is 8.89. The maximum Gasteiger partial charge on any atom is 0.196 e. The molecule has 2 N–H and O–H groups in total. The fourth-order valence-electron chi connectivity index (χ4n) is 1.98. The monoisotopic (exact) mass is 245 g/mol. The van der Waals surface area contributed by atoms with Crippen LogP contribution in [0.15, 0.2) is 22.8 Å². The number of aromatic nitrogens is 2. The minimum Gasteiger partial charge on any atom is -0.461 e. The van der Waals surface area contributed by atoms with Crippen LogP contribution in [0, 0.1) is 19.8 Å². The number of hydrogen-bond acceptors (Lipinski definition) is 4. The van der Waals surface area contributed by atoms with Crippen LogP contribution >= 0.6 is 0 Å². The molecule has 0 bridgehead atoms. The van der Waals surface area contributed by atoms with Gasteiger partial charge in [-0.3, -0.25) is 0 Å². The Morgan fingerprint density at radius 2 is 1.94 bits per heavy atom. The lowest BCUT2D eigenvalue weighted by molar-refractivity contribution is 0.572. The van der Waals surface area contributed by atoms with Gasteiger partial charge in [-0.15, -0.1) is 0 Å². The molecule has 4 nitrogen and oxygen atoms in total. The van der Waals surface area contributed by atoms with Gasteiger partial charge >= 0.3 is 0 Å². The summed E-state index contributed by atoms with van der Waals surface area (Å²) in [5.74, 6) is 1.80. The number of aryl methyl sites for hydroxylation is 2. The number of hydrogen-bond donors (Lipinski definition) is 1. The molecule has 0 aliphatic carbocycles. The summed E-state index contributed by atoms with van der Waals surface area (Å²) >= 11 is 0. The first-order valence-electron chi connectivity index (χ1n) is 6.20. The number of nitrogens with zero attached hydrogens (tertiary/aromatic N) is 2. The van der Waals surface area contributed by atoms with E-state index < -0.39 is 0 Å². The second kappa shape index (κ2) is 5.31. The number of nitrogens with two attached hydrogens (primary N) is 1. The molecule has 2 aromatic heterocycles. The van der Waals surface area contributed by atoms with Crippen molar-refractivity contribution in [1.82, 2.24) is 9.97 Å². The Labute approximate surface area is 107 Å². The molecule has 0 saturated heterocycles. The van der Waals surface area contributed by atoms with Crippen LogP contribution < -0.4 is 5.73 Å². The lowest BCUT2D eigenvalue weighted by atomic mass is 9.99. The summed E-state index contributed by atoms with van der Waals surface area (Å²) in [5, 5.41) is 0. The predicted octanol–water partition coefficient (Wildman–Crippen LogP) is 2.49. The summed E-state index contributed by atoms with van der Waals surface area (Å²) in [6.07, 6.45) is 2.56. The standard InChI is InChI=1S/C14H19N3O/c1-9(8-15)7-12-10(2)16-14(17-11(12)3)13-5-4-6-18-13/h4-6,9H,7-8,15H2,1-3H3. The quantitative estimate of drug-likeness (QED) is 0.898. The Hall–Kier alpha value is -1.68. The van der Waals surface area contributed by atoms with Gasteiger partial charge in [-0.25, -0.2) is 9.97 Å². The van der Waals surface area contributed by atoms with Gasteiger partial charge in [0.2, 0.25) is 0 Å². The largest absolute Gasteiger partial charge is 0.461 e. The molecule has 18 heavy (non-hydrogen) atoms. The molecule has 1 unspecified atom stereocenters. The summed E-state index contributed by atoms with van der Waals surface area (Å²) in [6.45, 7) is 6.84. The van der Waals surface area contributed by atoms with E-state index in [-0.39, 0.29) is 0 Å². The highest BCUT2D eigenvalue weighted by Crippen LogP contribution is 2.20. The van der Waals surface area contributed by atoms with E-state index in [0.29, 0.717) is 24.0 Å². The van der Waals surface area contributed by atoms with Gasteiger partial charge in [0.05, 0.1) is 6.26 Å². The van der Waals surface area contributed by atoms with Crippen molar-refractivity contribution in [3.8, 4) is 11.6 Å². The maximum absolute atomic E-state index is 5.67. The first-order chi connectivity index (χ1) is 8.61. The Morgan fingerprint density at radius 1 is 1.28 bits per heavy atom. The minimum absolute atomic E-state index is 0.445. The van der Waals surface area contributed by atoms with Gasteiger partial charge < -0.3 is 10.2 Å². The van der Waals surface area contributed by atoms with Crippen LogP contribution in [0.4, 0.5) is 0 Å². The van der Waals surface area contributed by atoms with Gasteiger partial charge in [-0.05, 0) is 50.4 Å². The van der Waals surface area contributed by atoms with E-state index >= 15 is 0 Å². The van der Waals surface area contributed by atoms with E-state index in [9.17, 15) is 0 Å². The topological polar surface area (TPSA) is 64.9 Å². The van der Waals surface area contributed by atoms with E-state index in [4.69, 9.17) is 10.2 Å². The van der Waals surface area contributed by atoms with Crippen LogP contribution in [0.2, 0.25) is 0 Å². The molecule has 0 radical (unpaired) electrons. The average Bonchev–Trinajstić information content (AvgIpc) is 2.87. The normalized spacial score (nSPS) is 12.7. The SMILES string of the molecule is Cc1nc(-c2ccco2)nc(C)c1CC(C)CN. The Balaban J connectivity index is 2.35. The van der Waals surface area contributed by atoms with Crippen molar-refractivity contribution in [2.24, 2.45) is 11.7 Å². The molecule has 2 heterocycles. The number of rotatable bonds is 4. The predicted molar refractivity (Wildman–Crippen MR) is 71.1 cm³/mol. The zero-order valence-electron chi connectivity index (χ0n) is 11.1. The first kappa shape index (κ1) is 12.8. The van der Waals surface area contributed by atoms with E-state index in [1.165, 1.54) is 5.56 Å². The average molecular weight is 245 g/mol. The van der Waals surface area contributed by atoms with Crippen molar-refractivity contribution >= 4 is 0 Å². The third kappa shape index (κ3) is 2.59. The Kier molecular flexibility index (Phi) is 3.77. The van der Waals surface area contributed by atoms with Crippen molar-refractivity contribution in [3.63, 3.8) is 0 Å². The molecule has 2 rings (SSSR count). The van der Waals surface area contributed by atoms with Crippen LogP contribution in [-0.4, -0.2) is 16.5 Å². The highest BCUT2D eigenvalue weighted by Gasteiger charge is 2.13. The molecule has 0 aromatic carbocycles. The molecule has 0 spiro atoms. The fourth-order valence-corrected chi connectivity index (χ4v) is 1.98. The summed E-state index contributed by atoms with van der Waals surface area (Å²) < 4.78 is 5.33. The van der Waals surface area contributed by atoms with E-state index in [2.05, 4.69) is 16.9 Å². The van der Waals surface area contributed by atoms with Crippen LogP contribution in [-0.2, 0) is 6.42 Å². The summed E-state index contributed by atoms with van der Waals surface area (Å²) in [4.78, 5) is 9.04. The van der Waals surface area contributed by atoms with Crippen molar-refractivity contribution in [1.29, 1.82) is 0 Å². The lowest BCUT2D eigenvalue weighted by Gasteiger charge is -2.13. The van der Waals surface area contributed by atoms with Crippen molar-refractivity contribution < 1.29 is 4.42 Å². The fraction of sp³-hybridized carbons (Fsp3) is 0.429. The van der Waals surface area contributed by atoms with Crippen molar-refractivity contribution in [2.75, 3.05) is 6.54 Å². The van der Waals surface area contributed by atoms with Crippen LogP contribution in [0.25, 0.3) is 11.6 Å². The number of furan rings is 1. The highest BCUT2D eigenvalue weighted by molar-refractivity contribution is 5.48. The molecular weight excluding hydrogens is 226 g/mol. The molecule has 2 aromatic rings. The molecule has 0 saturated carbocycles. The third-order valence-electron chi connectivity index (χ3n) is 3.12. The third-order valence-corrected chi connectivity index (χ3v) is 3.12. The first-order valence-corrected chi connectivity index (χ1v) is 6.20. The molecule has 1 atom stereocenters. The van der Waals surface area contributed by atoms with E-state index in [1.54, 1.807) is 6.26 Å². The molecular formula is C14H19N3O. The lowest BCUT2D eigenvalue weighted by Crippen LogP contribution is -2.15. The second-order valence-electron chi connectivity index (χ2n) is 4.72. The molecule has 4 heteroatoms. The zero-order chi connectivity index (χ0) is 13.1. The second-order valence-corrected chi connectivity index (χ2v) is 4.72. The summed E-state index contributed by atoms with van der Waals surface area (Å²) in [6, 6.07) is 3.71. The van der Waals surface area contributed by atoms with Gasteiger partial charge in [-0.1, -0.05) is 6.92 Å².